The summed E-state index contributed by atoms with van der Waals surface area (Å²) in [5, 5.41) is 3.22. The molecule has 1 fully saturated rings. The second-order valence-electron chi connectivity index (χ2n) is 2.98. The fourth-order valence-corrected chi connectivity index (χ4v) is 1.28. The molecule has 64 valence electrons. The van der Waals surface area contributed by atoms with E-state index in [4.69, 9.17) is 4.74 Å². The molecule has 0 aromatic carbocycles. The fourth-order valence-electron chi connectivity index (χ4n) is 1.28. The molecule has 3 nitrogen and oxygen atoms in total. The van der Waals surface area contributed by atoms with Gasteiger partial charge in [0.05, 0.1) is 7.11 Å². The van der Waals surface area contributed by atoms with Crippen molar-refractivity contribution in [3.63, 3.8) is 0 Å². The second kappa shape index (κ2) is 3.11. The highest BCUT2D eigenvalue weighted by atomic mass is 16.5. The molecule has 0 amide bonds. The first-order chi connectivity index (χ1) is 5.90. The van der Waals surface area contributed by atoms with Crippen LogP contribution in [0.2, 0.25) is 0 Å². The first-order valence-electron chi connectivity index (χ1n) is 4.11. The van der Waals surface area contributed by atoms with Crippen molar-refractivity contribution in [3.8, 4) is 5.75 Å². The Labute approximate surface area is 71.8 Å². The van der Waals surface area contributed by atoms with Crippen molar-refractivity contribution in [1.29, 1.82) is 0 Å². The van der Waals surface area contributed by atoms with Crippen molar-refractivity contribution >= 4 is 0 Å². The zero-order chi connectivity index (χ0) is 8.39. The lowest BCUT2D eigenvalue weighted by atomic mass is 9.99. The SMILES string of the molecule is COc1ccnc(C2CNC2)c1. The highest BCUT2D eigenvalue weighted by Gasteiger charge is 2.20. The third kappa shape index (κ3) is 1.28. The Morgan fingerprint density at radius 3 is 3.00 bits per heavy atom. The van der Waals surface area contributed by atoms with E-state index in [9.17, 15) is 0 Å². The second-order valence-corrected chi connectivity index (χ2v) is 2.98. The van der Waals surface area contributed by atoms with E-state index < -0.39 is 0 Å². The summed E-state index contributed by atoms with van der Waals surface area (Å²) >= 11 is 0. The first kappa shape index (κ1) is 7.55. The number of ether oxygens (including phenoxy) is 1. The normalized spacial score (nSPS) is 17.1. The Bertz CT molecular complexity index is 271. The molecule has 1 aliphatic heterocycles. The number of methoxy groups -OCH3 is 1. The van der Waals surface area contributed by atoms with Gasteiger partial charge in [0, 0.05) is 37.0 Å². The van der Waals surface area contributed by atoms with Crippen LogP contribution >= 0.6 is 0 Å². The van der Waals surface area contributed by atoms with Gasteiger partial charge in [0.2, 0.25) is 0 Å². The lowest BCUT2D eigenvalue weighted by molar-refractivity contribution is 0.406. The zero-order valence-corrected chi connectivity index (χ0v) is 7.08. The summed E-state index contributed by atoms with van der Waals surface area (Å²) in [6.45, 7) is 2.08. The molecule has 2 heterocycles. The molecule has 1 aliphatic rings. The van der Waals surface area contributed by atoms with Crippen molar-refractivity contribution in [2.45, 2.75) is 5.92 Å². The average Bonchev–Trinajstić information content (AvgIpc) is 2.02. The van der Waals surface area contributed by atoms with E-state index in [1.807, 2.05) is 12.1 Å². The van der Waals surface area contributed by atoms with Gasteiger partial charge in [-0.05, 0) is 6.07 Å². The summed E-state index contributed by atoms with van der Waals surface area (Å²) in [6.07, 6.45) is 1.80. The van der Waals surface area contributed by atoms with Crippen LogP contribution < -0.4 is 10.1 Å². The first-order valence-corrected chi connectivity index (χ1v) is 4.11. The fraction of sp³-hybridized carbons (Fsp3) is 0.444. The summed E-state index contributed by atoms with van der Waals surface area (Å²) < 4.78 is 5.11. The topological polar surface area (TPSA) is 34.1 Å². The van der Waals surface area contributed by atoms with Gasteiger partial charge in [0.25, 0.3) is 0 Å². The maximum Gasteiger partial charge on any atom is 0.122 e. The van der Waals surface area contributed by atoms with E-state index >= 15 is 0 Å². The van der Waals surface area contributed by atoms with Gasteiger partial charge in [-0.3, -0.25) is 4.98 Å². The summed E-state index contributed by atoms with van der Waals surface area (Å²) in [5.74, 6) is 1.48. The number of hydrogen-bond donors (Lipinski definition) is 1. The maximum atomic E-state index is 5.11. The van der Waals surface area contributed by atoms with Gasteiger partial charge in [0.1, 0.15) is 5.75 Å². The number of hydrogen-bond acceptors (Lipinski definition) is 3. The minimum Gasteiger partial charge on any atom is -0.497 e. The van der Waals surface area contributed by atoms with Crippen molar-refractivity contribution in [2.24, 2.45) is 0 Å². The van der Waals surface area contributed by atoms with Gasteiger partial charge in [0.15, 0.2) is 0 Å². The molecular formula is C9H12N2O. The predicted octanol–water partition coefficient (Wildman–Crippen LogP) is 0.777. The van der Waals surface area contributed by atoms with Crippen molar-refractivity contribution in [2.75, 3.05) is 20.2 Å². The third-order valence-corrected chi connectivity index (χ3v) is 2.19. The standard InChI is InChI=1S/C9H12N2O/c1-12-8-2-3-11-9(4-8)7-5-10-6-7/h2-4,7,10H,5-6H2,1H3. The van der Waals surface area contributed by atoms with E-state index in [1.165, 1.54) is 0 Å². The third-order valence-electron chi connectivity index (χ3n) is 2.19. The number of nitrogens with zero attached hydrogens (tertiary/aromatic N) is 1. The van der Waals surface area contributed by atoms with E-state index in [1.54, 1.807) is 13.3 Å². The Morgan fingerprint density at radius 1 is 1.58 bits per heavy atom. The molecule has 0 spiro atoms. The number of nitrogens with one attached hydrogen (secondary N) is 1. The quantitative estimate of drug-likeness (QED) is 0.701. The largest absolute Gasteiger partial charge is 0.497 e. The van der Waals surface area contributed by atoms with Crippen LogP contribution in [0.15, 0.2) is 18.3 Å². The highest BCUT2D eigenvalue weighted by molar-refractivity contribution is 5.26. The summed E-state index contributed by atoms with van der Waals surface area (Å²) in [5.41, 5.74) is 1.13. The number of rotatable bonds is 2. The van der Waals surface area contributed by atoms with Gasteiger partial charge in [-0.1, -0.05) is 0 Å². The Kier molecular flexibility index (Phi) is 1.96. The van der Waals surface area contributed by atoms with E-state index in [2.05, 4.69) is 10.3 Å². The minimum absolute atomic E-state index is 0.583. The van der Waals surface area contributed by atoms with Gasteiger partial charge < -0.3 is 10.1 Å². The average molecular weight is 164 g/mol. The maximum absolute atomic E-state index is 5.11. The summed E-state index contributed by atoms with van der Waals surface area (Å²) in [6, 6.07) is 3.88. The summed E-state index contributed by atoms with van der Waals surface area (Å²) in [7, 11) is 1.68. The van der Waals surface area contributed by atoms with Crippen molar-refractivity contribution in [3.05, 3.63) is 24.0 Å². The van der Waals surface area contributed by atoms with Crippen LogP contribution in [0.25, 0.3) is 0 Å². The van der Waals surface area contributed by atoms with Crippen molar-refractivity contribution < 1.29 is 4.74 Å². The van der Waals surface area contributed by atoms with Gasteiger partial charge in [-0.15, -0.1) is 0 Å². The van der Waals surface area contributed by atoms with Crippen LogP contribution in [0.3, 0.4) is 0 Å². The van der Waals surface area contributed by atoms with Gasteiger partial charge in [-0.25, -0.2) is 0 Å². The molecule has 1 aromatic rings. The monoisotopic (exact) mass is 164 g/mol. The molecule has 0 bridgehead atoms. The van der Waals surface area contributed by atoms with Gasteiger partial charge in [-0.2, -0.15) is 0 Å². The molecule has 0 saturated carbocycles. The molecule has 1 N–H and O–H groups in total. The molecule has 0 aliphatic carbocycles. The van der Waals surface area contributed by atoms with Crippen molar-refractivity contribution in [1.82, 2.24) is 10.3 Å². The lowest BCUT2D eigenvalue weighted by Gasteiger charge is -2.26. The van der Waals surface area contributed by atoms with Crippen LogP contribution in [0.4, 0.5) is 0 Å². The molecule has 1 aromatic heterocycles. The molecule has 0 radical (unpaired) electrons. The minimum atomic E-state index is 0.583. The Morgan fingerprint density at radius 2 is 2.42 bits per heavy atom. The van der Waals surface area contributed by atoms with Crippen LogP contribution in [0.5, 0.6) is 5.75 Å². The molecule has 3 heteroatoms. The Hall–Kier alpha value is -1.09. The molecule has 0 unspecified atom stereocenters. The number of pyridine rings is 1. The molecule has 2 rings (SSSR count). The molecule has 1 saturated heterocycles. The van der Waals surface area contributed by atoms with Crippen LogP contribution in [-0.2, 0) is 0 Å². The molecular weight excluding hydrogens is 152 g/mol. The predicted molar refractivity (Wildman–Crippen MR) is 46.4 cm³/mol. The van der Waals surface area contributed by atoms with E-state index in [0.29, 0.717) is 5.92 Å². The van der Waals surface area contributed by atoms with E-state index in [0.717, 1.165) is 24.5 Å². The summed E-state index contributed by atoms with van der Waals surface area (Å²) in [4.78, 5) is 4.29. The van der Waals surface area contributed by atoms with Crippen LogP contribution in [0, 0.1) is 0 Å². The van der Waals surface area contributed by atoms with Crippen LogP contribution in [-0.4, -0.2) is 25.2 Å². The van der Waals surface area contributed by atoms with Crippen LogP contribution in [0.1, 0.15) is 11.6 Å². The smallest absolute Gasteiger partial charge is 0.122 e. The molecule has 12 heavy (non-hydrogen) atoms. The molecule has 0 atom stereocenters. The lowest BCUT2D eigenvalue weighted by Crippen LogP contribution is -2.40. The highest BCUT2D eigenvalue weighted by Crippen LogP contribution is 2.20. The van der Waals surface area contributed by atoms with E-state index in [-0.39, 0.29) is 0 Å². The number of aromatic nitrogens is 1. The zero-order valence-electron chi connectivity index (χ0n) is 7.08. The Balaban J connectivity index is 2.19. The van der Waals surface area contributed by atoms with Gasteiger partial charge >= 0.3 is 0 Å².